The molecule has 0 atom stereocenters. The lowest BCUT2D eigenvalue weighted by Gasteiger charge is -2.08. The second-order valence-electron chi connectivity index (χ2n) is 3.90. The van der Waals surface area contributed by atoms with Gasteiger partial charge in [-0.3, -0.25) is 9.63 Å². The number of hydrogen-bond donors (Lipinski definition) is 2. The maximum absolute atomic E-state index is 11.8. The van der Waals surface area contributed by atoms with Crippen LogP contribution in [0.3, 0.4) is 0 Å². The standard InChI is InChI=1S/C11H9ClF3N3O2/c12-6-1-2-7-8(3-6)17-9(18-10(7)19)4-16-20-5-11(13,14)15/h1-3,16H,4-5H2,(H,17,18,19). The first-order chi connectivity index (χ1) is 9.35. The molecule has 2 aromatic rings. The van der Waals surface area contributed by atoms with Gasteiger partial charge < -0.3 is 4.98 Å². The molecule has 0 fully saturated rings. The summed E-state index contributed by atoms with van der Waals surface area (Å²) in [5.74, 6) is 0.145. The highest BCUT2D eigenvalue weighted by atomic mass is 35.5. The molecular weight excluding hydrogens is 299 g/mol. The third-order valence-corrected chi connectivity index (χ3v) is 2.53. The van der Waals surface area contributed by atoms with Gasteiger partial charge in [-0.1, -0.05) is 11.6 Å². The molecule has 20 heavy (non-hydrogen) atoms. The van der Waals surface area contributed by atoms with Gasteiger partial charge in [-0.2, -0.15) is 18.7 Å². The minimum Gasteiger partial charge on any atom is -0.309 e. The van der Waals surface area contributed by atoms with E-state index in [2.05, 4.69) is 20.3 Å². The molecule has 0 unspecified atom stereocenters. The summed E-state index contributed by atoms with van der Waals surface area (Å²) in [6.07, 6.45) is -4.43. The van der Waals surface area contributed by atoms with Crippen molar-refractivity contribution in [3.05, 3.63) is 39.4 Å². The lowest BCUT2D eigenvalue weighted by molar-refractivity contribution is -0.190. The monoisotopic (exact) mass is 307 g/mol. The van der Waals surface area contributed by atoms with Crippen LogP contribution >= 0.6 is 11.6 Å². The SMILES string of the molecule is O=c1[nH]c(CNOCC(F)(F)F)nc2cc(Cl)ccc12. The molecule has 0 aliphatic carbocycles. The normalized spacial score (nSPS) is 12.0. The summed E-state index contributed by atoms with van der Waals surface area (Å²) >= 11 is 5.78. The van der Waals surface area contributed by atoms with E-state index in [4.69, 9.17) is 11.6 Å². The molecule has 0 spiro atoms. The number of aromatic nitrogens is 2. The number of alkyl halides is 3. The average molecular weight is 308 g/mol. The van der Waals surface area contributed by atoms with E-state index in [0.717, 1.165) is 0 Å². The summed E-state index contributed by atoms with van der Waals surface area (Å²) in [7, 11) is 0. The number of nitrogens with zero attached hydrogens (tertiary/aromatic N) is 1. The lowest BCUT2D eigenvalue weighted by Crippen LogP contribution is -2.26. The zero-order valence-electron chi connectivity index (χ0n) is 9.92. The van der Waals surface area contributed by atoms with Crippen LogP contribution in [-0.4, -0.2) is 22.8 Å². The van der Waals surface area contributed by atoms with Crippen LogP contribution in [0, 0.1) is 0 Å². The van der Waals surface area contributed by atoms with Crippen molar-refractivity contribution in [1.29, 1.82) is 0 Å². The first-order valence-electron chi connectivity index (χ1n) is 5.45. The molecule has 9 heteroatoms. The zero-order chi connectivity index (χ0) is 14.8. The van der Waals surface area contributed by atoms with Gasteiger partial charge in [0.1, 0.15) is 5.82 Å². The summed E-state index contributed by atoms with van der Waals surface area (Å²) in [4.78, 5) is 22.4. The second-order valence-corrected chi connectivity index (χ2v) is 4.34. The lowest BCUT2D eigenvalue weighted by atomic mass is 10.2. The highest BCUT2D eigenvalue weighted by Gasteiger charge is 2.27. The van der Waals surface area contributed by atoms with Crippen molar-refractivity contribution < 1.29 is 18.0 Å². The molecule has 0 radical (unpaired) electrons. The molecule has 2 rings (SSSR count). The Bertz CT molecular complexity index is 672. The van der Waals surface area contributed by atoms with Gasteiger partial charge in [-0.15, -0.1) is 0 Å². The van der Waals surface area contributed by atoms with Gasteiger partial charge in [0.2, 0.25) is 0 Å². The van der Waals surface area contributed by atoms with E-state index in [1.807, 2.05) is 0 Å². The number of benzene rings is 1. The van der Waals surface area contributed by atoms with E-state index in [0.29, 0.717) is 15.9 Å². The predicted molar refractivity (Wildman–Crippen MR) is 66.2 cm³/mol. The van der Waals surface area contributed by atoms with E-state index in [-0.39, 0.29) is 12.4 Å². The van der Waals surface area contributed by atoms with E-state index in [1.54, 1.807) is 6.07 Å². The molecule has 5 nitrogen and oxygen atoms in total. The maximum atomic E-state index is 11.8. The van der Waals surface area contributed by atoms with Crippen molar-refractivity contribution in [3.8, 4) is 0 Å². The van der Waals surface area contributed by atoms with Crippen molar-refractivity contribution in [3.63, 3.8) is 0 Å². The molecule has 1 aromatic carbocycles. The molecular formula is C11H9ClF3N3O2. The second kappa shape index (κ2) is 5.78. The molecule has 0 bridgehead atoms. The third kappa shape index (κ3) is 3.92. The van der Waals surface area contributed by atoms with E-state index < -0.39 is 18.3 Å². The molecule has 1 heterocycles. The van der Waals surface area contributed by atoms with Gasteiger partial charge in [-0.25, -0.2) is 4.98 Å². The molecule has 0 saturated carbocycles. The molecule has 108 valence electrons. The Hall–Kier alpha value is -1.64. The molecule has 0 amide bonds. The van der Waals surface area contributed by atoms with Gasteiger partial charge >= 0.3 is 6.18 Å². The van der Waals surface area contributed by atoms with Crippen molar-refractivity contribution in [2.24, 2.45) is 0 Å². The minimum absolute atomic E-state index is 0.145. The van der Waals surface area contributed by atoms with Crippen LogP contribution in [0.15, 0.2) is 23.0 Å². The van der Waals surface area contributed by atoms with Gasteiger partial charge in [-0.05, 0) is 18.2 Å². The van der Waals surface area contributed by atoms with Gasteiger partial charge in [0.05, 0.1) is 17.4 Å². The highest BCUT2D eigenvalue weighted by Crippen LogP contribution is 2.15. The Morgan fingerprint density at radius 1 is 1.40 bits per heavy atom. The fraction of sp³-hybridized carbons (Fsp3) is 0.273. The summed E-state index contributed by atoms with van der Waals surface area (Å²) in [6, 6.07) is 4.55. The number of hydrogen-bond acceptors (Lipinski definition) is 4. The van der Waals surface area contributed by atoms with Crippen LogP contribution in [0.2, 0.25) is 5.02 Å². The summed E-state index contributed by atoms with van der Waals surface area (Å²) < 4.78 is 35.5. The van der Waals surface area contributed by atoms with Crippen molar-refractivity contribution >= 4 is 22.5 Å². The smallest absolute Gasteiger partial charge is 0.309 e. The quantitative estimate of drug-likeness (QED) is 0.671. The number of rotatable bonds is 4. The average Bonchev–Trinajstić information content (AvgIpc) is 2.33. The molecule has 1 aromatic heterocycles. The molecule has 2 N–H and O–H groups in total. The minimum atomic E-state index is -4.43. The Balaban J connectivity index is 2.09. The summed E-state index contributed by atoms with van der Waals surface area (Å²) in [6.45, 7) is -1.61. The topological polar surface area (TPSA) is 67.0 Å². The summed E-state index contributed by atoms with van der Waals surface area (Å²) in [5, 5.41) is 0.747. The van der Waals surface area contributed by atoms with Crippen LogP contribution in [0.1, 0.15) is 5.82 Å². The fourth-order valence-electron chi connectivity index (χ4n) is 1.50. The Morgan fingerprint density at radius 2 is 2.15 bits per heavy atom. The van der Waals surface area contributed by atoms with Crippen LogP contribution in [-0.2, 0) is 11.4 Å². The van der Waals surface area contributed by atoms with Gasteiger partial charge in [0, 0.05) is 5.02 Å². The number of hydroxylamine groups is 1. The summed E-state index contributed by atoms with van der Waals surface area (Å²) in [5.41, 5.74) is 2.03. The first-order valence-corrected chi connectivity index (χ1v) is 5.83. The largest absolute Gasteiger partial charge is 0.413 e. The fourth-order valence-corrected chi connectivity index (χ4v) is 1.66. The maximum Gasteiger partial charge on any atom is 0.413 e. The Morgan fingerprint density at radius 3 is 2.85 bits per heavy atom. The van der Waals surface area contributed by atoms with Crippen LogP contribution in [0.5, 0.6) is 0 Å². The number of halogens is 4. The third-order valence-electron chi connectivity index (χ3n) is 2.30. The molecule has 0 aliphatic rings. The molecule has 0 saturated heterocycles. The Labute approximate surface area is 115 Å². The van der Waals surface area contributed by atoms with Crippen LogP contribution in [0.25, 0.3) is 10.9 Å². The zero-order valence-corrected chi connectivity index (χ0v) is 10.7. The number of nitrogens with one attached hydrogen (secondary N) is 2. The first kappa shape index (κ1) is 14.8. The number of H-pyrrole nitrogens is 1. The van der Waals surface area contributed by atoms with E-state index in [9.17, 15) is 18.0 Å². The van der Waals surface area contributed by atoms with Gasteiger partial charge in [0.15, 0.2) is 6.61 Å². The molecule has 0 aliphatic heterocycles. The predicted octanol–water partition coefficient (Wildman–Crippen LogP) is 2.16. The van der Waals surface area contributed by atoms with E-state index >= 15 is 0 Å². The van der Waals surface area contributed by atoms with Crippen LogP contribution in [0.4, 0.5) is 13.2 Å². The van der Waals surface area contributed by atoms with Gasteiger partial charge in [0.25, 0.3) is 5.56 Å². The number of fused-ring (bicyclic) bond motifs is 1. The van der Waals surface area contributed by atoms with E-state index in [1.165, 1.54) is 12.1 Å². The van der Waals surface area contributed by atoms with Crippen molar-refractivity contribution in [2.75, 3.05) is 6.61 Å². The van der Waals surface area contributed by atoms with Crippen molar-refractivity contribution in [1.82, 2.24) is 15.4 Å². The van der Waals surface area contributed by atoms with Crippen molar-refractivity contribution in [2.45, 2.75) is 12.7 Å². The Kier molecular flexibility index (Phi) is 4.26. The highest BCUT2D eigenvalue weighted by molar-refractivity contribution is 6.31. The van der Waals surface area contributed by atoms with Crippen LogP contribution < -0.4 is 11.0 Å². The number of aromatic amines is 1.